The van der Waals surface area contributed by atoms with E-state index in [1.807, 2.05) is 58.0 Å². The first-order valence-electron chi connectivity index (χ1n) is 11.2. The molecular weight excluding hydrogens is 438 g/mol. The van der Waals surface area contributed by atoms with E-state index in [4.69, 9.17) is 5.73 Å². The molecule has 0 bridgehead atoms. The number of hydrogen-bond donors (Lipinski definition) is 2. The molecule has 0 saturated heterocycles. The minimum Gasteiger partial charge on any atom is -0.366 e. The Morgan fingerprint density at radius 1 is 1.03 bits per heavy atom. The molecule has 180 valence electrons. The number of nitrogens with zero attached hydrogens (tertiary/aromatic N) is 1. The first-order chi connectivity index (χ1) is 15.5. The topological polar surface area (TPSA) is 110 Å². The Morgan fingerprint density at radius 3 is 2.15 bits per heavy atom. The summed E-state index contributed by atoms with van der Waals surface area (Å²) in [5, 5.41) is 2.95. The van der Waals surface area contributed by atoms with E-state index in [-0.39, 0.29) is 22.9 Å². The van der Waals surface area contributed by atoms with Crippen LogP contribution in [0.1, 0.15) is 62.9 Å². The van der Waals surface area contributed by atoms with Crippen LogP contribution in [0.4, 0.5) is 0 Å². The fourth-order valence-corrected chi connectivity index (χ4v) is 5.15. The monoisotopic (exact) mass is 473 g/mol. The summed E-state index contributed by atoms with van der Waals surface area (Å²) in [4.78, 5) is 24.7. The number of hydrogen-bond acceptors (Lipinski definition) is 4. The largest absolute Gasteiger partial charge is 0.366 e. The van der Waals surface area contributed by atoms with Gasteiger partial charge in [0, 0.05) is 17.6 Å². The summed E-state index contributed by atoms with van der Waals surface area (Å²) in [5.41, 5.74) is 6.03. The minimum absolute atomic E-state index is 0.0249. The van der Waals surface area contributed by atoms with Gasteiger partial charge in [-0.1, -0.05) is 43.7 Å². The molecule has 0 radical (unpaired) electrons. The van der Waals surface area contributed by atoms with Crippen molar-refractivity contribution in [2.75, 3.05) is 6.54 Å². The van der Waals surface area contributed by atoms with Crippen LogP contribution in [0.25, 0.3) is 0 Å². The third-order valence-electron chi connectivity index (χ3n) is 5.18. The highest BCUT2D eigenvalue weighted by atomic mass is 32.2. The summed E-state index contributed by atoms with van der Waals surface area (Å²) in [5.74, 6) is -0.959. The molecule has 0 spiro atoms. The molecule has 0 aromatic heterocycles. The van der Waals surface area contributed by atoms with Crippen LogP contribution < -0.4 is 11.1 Å². The number of unbranched alkanes of at least 4 members (excludes halogenated alkanes) is 1. The number of primary amides is 1. The lowest BCUT2D eigenvalue weighted by Crippen LogP contribution is -2.54. The number of amides is 2. The second-order valence-corrected chi connectivity index (χ2v) is 11.0. The molecule has 0 aliphatic rings. The SMILES string of the molecule is CCCCN(C(CCc1ccccc1)C(=O)NC(C)(C)C)S(=O)(=O)c1ccc(C(N)=O)cc1. The second-order valence-electron chi connectivity index (χ2n) is 9.14. The average Bonchev–Trinajstić information content (AvgIpc) is 2.75. The van der Waals surface area contributed by atoms with Crippen molar-refractivity contribution in [2.45, 2.75) is 69.9 Å². The Labute approximate surface area is 197 Å². The maximum atomic E-state index is 13.7. The van der Waals surface area contributed by atoms with Gasteiger partial charge in [-0.25, -0.2) is 8.42 Å². The molecule has 2 aromatic carbocycles. The summed E-state index contributed by atoms with van der Waals surface area (Å²) < 4.78 is 28.6. The number of aryl methyl sites for hydroxylation is 1. The number of benzene rings is 2. The quantitative estimate of drug-likeness (QED) is 0.520. The first-order valence-corrected chi connectivity index (χ1v) is 12.7. The molecular formula is C25H35N3O4S. The normalized spacial score (nSPS) is 13.0. The summed E-state index contributed by atoms with van der Waals surface area (Å²) in [7, 11) is -4.00. The maximum Gasteiger partial charge on any atom is 0.248 e. The standard InChI is InChI=1S/C25H35N3O4S/c1-5-6-18-28(33(31,32)21-15-13-20(14-16-21)23(26)29)22(24(30)27-25(2,3)4)17-12-19-10-8-7-9-11-19/h7-11,13-16,22H,5-6,12,17-18H2,1-4H3,(H2,26,29)(H,27,30). The van der Waals surface area contributed by atoms with Gasteiger partial charge in [0.2, 0.25) is 21.8 Å². The second kappa shape index (κ2) is 11.4. The molecule has 7 nitrogen and oxygen atoms in total. The Hall–Kier alpha value is -2.71. The lowest BCUT2D eigenvalue weighted by molar-refractivity contribution is -0.126. The molecule has 0 aliphatic heterocycles. The molecule has 33 heavy (non-hydrogen) atoms. The molecule has 2 amide bonds. The molecule has 2 aromatic rings. The number of nitrogens with one attached hydrogen (secondary N) is 1. The zero-order valence-corrected chi connectivity index (χ0v) is 20.7. The highest BCUT2D eigenvalue weighted by Crippen LogP contribution is 2.23. The van der Waals surface area contributed by atoms with Crippen molar-refractivity contribution in [2.24, 2.45) is 5.73 Å². The number of carbonyl (C=O) groups is 2. The van der Waals surface area contributed by atoms with E-state index in [2.05, 4.69) is 5.32 Å². The average molecular weight is 474 g/mol. The van der Waals surface area contributed by atoms with E-state index >= 15 is 0 Å². The molecule has 0 aliphatic carbocycles. The smallest absolute Gasteiger partial charge is 0.248 e. The number of nitrogens with two attached hydrogens (primary N) is 1. The van der Waals surface area contributed by atoms with E-state index < -0.39 is 27.5 Å². The maximum absolute atomic E-state index is 13.7. The predicted octanol–water partition coefficient (Wildman–Crippen LogP) is 3.49. The fourth-order valence-electron chi connectivity index (χ4n) is 3.49. The summed E-state index contributed by atoms with van der Waals surface area (Å²) in [6.07, 6.45) is 2.29. The molecule has 0 saturated carbocycles. The molecule has 3 N–H and O–H groups in total. The summed E-state index contributed by atoms with van der Waals surface area (Å²) in [6.45, 7) is 7.79. The van der Waals surface area contributed by atoms with Gasteiger partial charge in [0.05, 0.1) is 4.90 Å². The Balaban J connectivity index is 2.45. The molecule has 1 unspecified atom stereocenters. The van der Waals surface area contributed by atoms with Crippen molar-refractivity contribution in [1.29, 1.82) is 0 Å². The van der Waals surface area contributed by atoms with Crippen LogP contribution in [-0.4, -0.2) is 42.7 Å². The number of carbonyl (C=O) groups excluding carboxylic acids is 2. The van der Waals surface area contributed by atoms with Crippen molar-refractivity contribution in [3.05, 3.63) is 65.7 Å². The van der Waals surface area contributed by atoms with Gasteiger partial charge in [0.25, 0.3) is 0 Å². The zero-order valence-electron chi connectivity index (χ0n) is 19.9. The highest BCUT2D eigenvalue weighted by molar-refractivity contribution is 7.89. The van der Waals surface area contributed by atoms with Crippen LogP contribution in [0, 0.1) is 0 Å². The molecule has 1 atom stereocenters. The lowest BCUT2D eigenvalue weighted by atomic mass is 10.0. The fraction of sp³-hybridized carbons (Fsp3) is 0.440. The van der Waals surface area contributed by atoms with E-state index in [1.54, 1.807) is 0 Å². The van der Waals surface area contributed by atoms with Crippen molar-refractivity contribution in [1.82, 2.24) is 9.62 Å². The van der Waals surface area contributed by atoms with E-state index in [0.717, 1.165) is 12.0 Å². The third-order valence-corrected chi connectivity index (χ3v) is 7.10. The Morgan fingerprint density at radius 2 is 1.64 bits per heavy atom. The van der Waals surface area contributed by atoms with Gasteiger partial charge in [0.1, 0.15) is 6.04 Å². The lowest BCUT2D eigenvalue weighted by Gasteiger charge is -2.33. The number of rotatable bonds is 11. The van der Waals surface area contributed by atoms with Crippen molar-refractivity contribution < 1.29 is 18.0 Å². The minimum atomic E-state index is -4.00. The van der Waals surface area contributed by atoms with Crippen molar-refractivity contribution in [3.8, 4) is 0 Å². The third kappa shape index (κ3) is 7.68. The van der Waals surface area contributed by atoms with Crippen LogP contribution in [0.3, 0.4) is 0 Å². The van der Waals surface area contributed by atoms with Gasteiger partial charge in [-0.3, -0.25) is 9.59 Å². The van der Waals surface area contributed by atoms with E-state index in [1.165, 1.54) is 28.6 Å². The Bertz CT molecular complexity index is 1030. The van der Waals surface area contributed by atoms with Crippen molar-refractivity contribution in [3.63, 3.8) is 0 Å². The van der Waals surface area contributed by atoms with E-state index in [9.17, 15) is 18.0 Å². The van der Waals surface area contributed by atoms with Crippen LogP contribution in [0.2, 0.25) is 0 Å². The van der Waals surface area contributed by atoms with Gasteiger partial charge in [-0.2, -0.15) is 4.31 Å². The Kier molecular flexibility index (Phi) is 9.19. The van der Waals surface area contributed by atoms with Gasteiger partial charge >= 0.3 is 0 Å². The van der Waals surface area contributed by atoms with Gasteiger partial charge in [-0.05, 0) is 69.9 Å². The van der Waals surface area contributed by atoms with Gasteiger partial charge in [-0.15, -0.1) is 0 Å². The molecule has 8 heteroatoms. The van der Waals surface area contributed by atoms with E-state index in [0.29, 0.717) is 19.3 Å². The van der Waals surface area contributed by atoms with Crippen LogP contribution >= 0.6 is 0 Å². The van der Waals surface area contributed by atoms with Crippen LogP contribution in [0.5, 0.6) is 0 Å². The molecule has 2 rings (SSSR count). The van der Waals surface area contributed by atoms with Gasteiger partial charge < -0.3 is 11.1 Å². The van der Waals surface area contributed by atoms with Crippen molar-refractivity contribution >= 4 is 21.8 Å². The number of sulfonamides is 1. The molecule has 0 heterocycles. The first kappa shape index (κ1) is 26.5. The predicted molar refractivity (Wildman–Crippen MR) is 130 cm³/mol. The highest BCUT2D eigenvalue weighted by Gasteiger charge is 2.36. The van der Waals surface area contributed by atoms with Crippen LogP contribution in [-0.2, 0) is 21.2 Å². The molecule has 0 fully saturated rings. The summed E-state index contributed by atoms with van der Waals surface area (Å²) in [6, 6.07) is 14.3. The van der Waals surface area contributed by atoms with Gasteiger partial charge in [0.15, 0.2) is 0 Å². The summed E-state index contributed by atoms with van der Waals surface area (Å²) >= 11 is 0. The van der Waals surface area contributed by atoms with Crippen LogP contribution in [0.15, 0.2) is 59.5 Å². The zero-order chi connectivity index (χ0) is 24.6.